The summed E-state index contributed by atoms with van der Waals surface area (Å²) in [6, 6.07) is 1.86. The molecule has 1 heterocycles. The summed E-state index contributed by atoms with van der Waals surface area (Å²) in [5, 5.41) is 9.08. The second-order valence-electron chi connectivity index (χ2n) is 4.06. The summed E-state index contributed by atoms with van der Waals surface area (Å²) < 4.78 is 5.65. The normalized spacial score (nSPS) is 10.8. The van der Waals surface area contributed by atoms with Gasteiger partial charge in [0.2, 0.25) is 0 Å². The molecule has 0 bridgehead atoms. The monoisotopic (exact) mass is 256 g/mol. The molecule has 1 rings (SSSR count). The van der Waals surface area contributed by atoms with Gasteiger partial charge in [0.1, 0.15) is 5.75 Å². The van der Waals surface area contributed by atoms with E-state index in [9.17, 15) is 4.79 Å². The van der Waals surface area contributed by atoms with Crippen LogP contribution in [0.2, 0.25) is 0 Å². The third kappa shape index (κ3) is 3.73. The molecule has 0 saturated heterocycles. The van der Waals surface area contributed by atoms with Gasteiger partial charge in [-0.1, -0.05) is 33.6 Å². The Hall–Kier alpha value is -1.03. The van der Waals surface area contributed by atoms with Gasteiger partial charge >= 0.3 is 5.97 Å². The Balaban J connectivity index is 2.75. The van der Waals surface area contributed by atoms with Crippen molar-refractivity contribution in [3.63, 3.8) is 0 Å². The standard InChI is InChI=1S/C13H20O3S/c1-4-9(5-2)8-16-11-7-10(6-3)17-12(11)13(14)15/h7,9H,4-6,8H2,1-3H3,(H,14,15). The summed E-state index contributed by atoms with van der Waals surface area (Å²) in [5.74, 6) is 0.141. The first-order valence-electron chi connectivity index (χ1n) is 6.11. The molecule has 17 heavy (non-hydrogen) atoms. The fourth-order valence-corrected chi connectivity index (χ4v) is 2.46. The number of carboxylic acids is 1. The molecule has 0 aliphatic rings. The molecule has 4 heteroatoms. The molecule has 0 aliphatic carbocycles. The van der Waals surface area contributed by atoms with Gasteiger partial charge in [-0.25, -0.2) is 4.79 Å². The molecule has 0 saturated carbocycles. The molecule has 3 nitrogen and oxygen atoms in total. The van der Waals surface area contributed by atoms with E-state index in [2.05, 4.69) is 13.8 Å². The summed E-state index contributed by atoms with van der Waals surface area (Å²) in [7, 11) is 0. The number of ether oxygens (including phenoxy) is 1. The van der Waals surface area contributed by atoms with Crippen LogP contribution in [0.4, 0.5) is 0 Å². The summed E-state index contributed by atoms with van der Waals surface area (Å²) >= 11 is 1.31. The van der Waals surface area contributed by atoms with Gasteiger partial charge in [-0.05, 0) is 18.4 Å². The van der Waals surface area contributed by atoms with Crippen molar-refractivity contribution in [1.29, 1.82) is 0 Å². The Kier molecular flexibility index (Phi) is 5.48. The fourth-order valence-electron chi connectivity index (χ4n) is 1.59. The molecule has 0 unspecified atom stereocenters. The molecule has 1 aromatic heterocycles. The van der Waals surface area contributed by atoms with Crippen LogP contribution < -0.4 is 4.74 Å². The first-order chi connectivity index (χ1) is 8.12. The van der Waals surface area contributed by atoms with Crippen LogP contribution in [-0.2, 0) is 6.42 Å². The molecule has 0 radical (unpaired) electrons. The minimum absolute atomic E-state index is 0.327. The third-order valence-corrected chi connectivity index (χ3v) is 4.17. The predicted octanol–water partition coefficient (Wildman–Crippen LogP) is 3.82. The van der Waals surface area contributed by atoms with Crippen LogP contribution in [0.1, 0.15) is 48.2 Å². The number of carbonyl (C=O) groups is 1. The Bertz CT molecular complexity index is 367. The molecule has 1 N–H and O–H groups in total. The average molecular weight is 256 g/mol. The number of thiophene rings is 1. The highest BCUT2D eigenvalue weighted by molar-refractivity contribution is 7.14. The smallest absolute Gasteiger partial charge is 0.349 e. The van der Waals surface area contributed by atoms with E-state index in [1.807, 2.05) is 13.0 Å². The molecule has 0 aliphatic heterocycles. The van der Waals surface area contributed by atoms with Gasteiger partial charge in [0.05, 0.1) is 6.61 Å². The van der Waals surface area contributed by atoms with E-state index in [1.165, 1.54) is 11.3 Å². The highest BCUT2D eigenvalue weighted by Gasteiger charge is 2.17. The summed E-state index contributed by atoms with van der Waals surface area (Å²) in [6.07, 6.45) is 2.96. The third-order valence-electron chi connectivity index (χ3n) is 2.92. The molecular weight excluding hydrogens is 236 g/mol. The topological polar surface area (TPSA) is 46.5 Å². The SMILES string of the molecule is CCc1cc(OCC(CC)CC)c(C(=O)O)s1. The molecule has 0 aromatic carbocycles. The lowest BCUT2D eigenvalue weighted by Crippen LogP contribution is -2.11. The van der Waals surface area contributed by atoms with Gasteiger partial charge in [0, 0.05) is 4.88 Å². The van der Waals surface area contributed by atoms with Crippen molar-refractivity contribution in [1.82, 2.24) is 0 Å². The molecule has 1 aromatic rings. The maximum Gasteiger partial charge on any atom is 0.349 e. The minimum atomic E-state index is -0.894. The van der Waals surface area contributed by atoms with E-state index >= 15 is 0 Å². The van der Waals surface area contributed by atoms with Crippen LogP contribution in [0.5, 0.6) is 5.75 Å². The molecule has 0 spiro atoms. The van der Waals surface area contributed by atoms with Gasteiger partial charge in [-0.3, -0.25) is 0 Å². The van der Waals surface area contributed by atoms with Crippen molar-refractivity contribution >= 4 is 17.3 Å². The summed E-state index contributed by atoms with van der Waals surface area (Å²) in [5.41, 5.74) is 0. The number of carboxylic acid groups (broad SMARTS) is 1. The number of rotatable bonds is 7. The van der Waals surface area contributed by atoms with E-state index in [4.69, 9.17) is 9.84 Å². The Morgan fingerprint density at radius 2 is 2.06 bits per heavy atom. The van der Waals surface area contributed by atoms with E-state index in [1.54, 1.807) is 0 Å². The van der Waals surface area contributed by atoms with Crippen molar-refractivity contribution in [2.24, 2.45) is 5.92 Å². The van der Waals surface area contributed by atoms with Gasteiger partial charge in [-0.2, -0.15) is 0 Å². The minimum Gasteiger partial charge on any atom is -0.491 e. The van der Waals surface area contributed by atoms with Crippen LogP contribution in [0.25, 0.3) is 0 Å². The number of aryl methyl sites for hydroxylation is 1. The van der Waals surface area contributed by atoms with Gasteiger partial charge < -0.3 is 9.84 Å². The Labute approximate surface area is 106 Å². The van der Waals surface area contributed by atoms with Gasteiger partial charge in [-0.15, -0.1) is 11.3 Å². The van der Waals surface area contributed by atoms with Crippen LogP contribution >= 0.6 is 11.3 Å². The number of hydrogen-bond donors (Lipinski definition) is 1. The largest absolute Gasteiger partial charge is 0.491 e. The quantitative estimate of drug-likeness (QED) is 0.806. The zero-order chi connectivity index (χ0) is 12.8. The van der Waals surface area contributed by atoms with Gasteiger partial charge in [0.15, 0.2) is 4.88 Å². The van der Waals surface area contributed by atoms with Crippen LogP contribution in [0.3, 0.4) is 0 Å². The Morgan fingerprint density at radius 1 is 1.41 bits per heavy atom. The molecule has 0 fully saturated rings. The lowest BCUT2D eigenvalue weighted by molar-refractivity contribution is 0.0697. The van der Waals surface area contributed by atoms with Crippen LogP contribution in [0.15, 0.2) is 6.07 Å². The maximum absolute atomic E-state index is 11.1. The molecular formula is C13H20O3S. The van der Waals surface area contributed by atoms with Crippen LogP contribution in [0, 0.1) is 5.92 Å². The average Bonchev–Trinajstić information content (AvgIpc) is 2.74. The first kappa shape index (κ1) is 14.0. The lowest BCUT2D eigenvalue weighted by Gasteiger charge is -2.13. The summed E-state index contributed by atoms with van der Waals surface area (Å²) in [4.78, 5) is 12.4. The van der Waals surface area contributed by atoms with E-state index in [0.717, 1.165) is 24.1 Å². The number of aromatic carboxylic acids is 1. The Morgan fingerprint density at radius 3 is 2.53 bits per heavy atom. The van der Waals surface area contributed by atoms with Gasteiger partial charge in [0.25, 0.3) is 0 Å². The number of hydrogen-bond acceptors (Lipinski definition) is 3. The van der Waals surface area contributed by atoms with Crippen molar-refractivity contribution < 1.29 is 14.6 Å². The highest BCUT2D eigenvalue weighted by Crippen LogP contribution is 2.30. The highest BCUT2D eigenvalue weighted by atomic mass is 32.1. The maximum atomic E-state index is 11.1. The molecule has 0 atom stereocenters. The van der Waals surface area contributed by atoms with E-state index in [-0.39, 0.29) is 0 Å². The zero-order valence-corrected chi connectivity index (χ0v) is 11.5. The van der Waals surface area contributed by atoms with Crippen molar-refractivity contribution in [3.05, 3.63) is 15.8 Å². The molecule has 96 valence electrons. The second kappa shape index (κ2) is 6.64. The van der Waals surface area contributed by atoms with Crippen molar-refractivity contribution in [2.45, 2.75) is 40.0 Å². The van der Waals surface area contributed by atoms with E-state index < -0.39 is 5.97 Å². The van der Waals surface area contributed by atoms with Crippen LogP contribution in [-0.4, -0.2) is 17.7 Å². The lowest BCUT2D eigenvalue weighted by atomic mass is 10.1. The first-order valence-corrected chi connectivity index (χ1v) is 6.92. The van der Waals surface area contributed by atoms with E-state index in [0.29, 0.717) is 23.2 Å². The summed E-state index contributed by atoms with van der Waals surface area (Å²) in [6.45, 7) is 6.87. The van der Waals surface area contributed by atoms with Crippen molar-refractivity contribution in [2.75, 3.05) is 6.61 Å². The fraction of sp³-hybridized carbons (Fsp3) is 0.615. The predicted molar refractivity (Wildman–Crippen MR) is 70.2 cm³/mol. The second-order valence-corrected chi connectivity index (χ2v) is 5.20. The molecule has 0 amide bonds. The zero-order valence-electron chi connectivity index (χ0n) is 10.7. The van der Waals surface area contributed by atoms with Crippen molar-refractivity contribution in [3.8, 4) is 5.75 Å².